The van der Waals surface area contributed by atoms with Gasteiger partial charge in [-0.2, -0.15) is 0 Å². The molecule has 0 aromatic heterocycles. The topological polar surface area (TPSA) is 92.8 Å². The van der Waals surface area contributed by atoms with Gasteiger partial charge in [0, 0.05) is 12.7 Å². The first-order valence-corrected chi connectivity index (χ1v) is 9.68. The Kier molecular flexibility index (Phi) is 5.99. The number of para-hydroxylation sites is 2. The molecule has 138 valence electrons. The normalized spacial score (nSPS) is 12.1. The summed E-state index contributed by atoms with van der Waals surface area (Å²) >= 11 is 0. The number of esters is 1. The highest BCUT2D eigenvalue weighted by Crippen LogP contribution is 2.19. The highest BCUT2D eigenvalue weighted by Gasteiger charge is 2.24. The van der Waals surface area contributed by atoms with Gasteiger partial charge in [0.15, 0.2) is 6.10 Å². The second kappa shape index (κ2) is 8.01. The number of hydrogen-bond acceptors (Lipinski definition) is 5. The van der Waals surface area contributed by atoms with E-state index in [1.165, 1.54) is 24.0 Å². The van der Waals surface area contributed by atoms with Crippen LogP contribution in [0.15, 0.2) is 54.6 Å². The molecule has 0 saturated carbocycles. The van der Waals surface area contributed by atoms with Gasteiger partial charge >= 0.3 is 5.97 Å². The quantitative estimate of drug-likeness (QED) is 0.781. The number of hydrogen-bond donors (Lipinski definition) is 1. The van der Waals surface area contributed by atoms with Crippen LogP contribution in [0.4, 0.5) is 11.4 Å². The minimum atomic E-state index is -3.56. The predicted molar refractivity (Wildman–Crippen MR) is 99.6 cm³/mol. The molecule has 0 aliphatic heterocycles. The lowest BCUT2D eigenvalue weighted by molar-refractivity contribution is -0.126. The maximum Gasteiger partial charge on any atom is 0.341 e. The first-order chi connectivity index (χ1) is 12.2. The minimum absolute atomic E-state index is 0.0277. The van der Waals surface area contributed by atoms with Crippen molar-refractivity contribution in [1.82, 2.24) is 0 Å². The second-order valence-electron chi connectivity index (χ2n) is 5.70. The van der Waals surface area contributed by atoms with Crippen LogP contribution < -0.4 is 9.62 Å². The van der Waals surface area contributed by atoms with Crippen LogP contribution in [-0.4, -0.2) is 39.7 Å². The van der Waals surface area contributed by atoms with Crippen LogP contribution in [0.1, 0.15) is 17.3 Å². The van der Waals surface area contributed by atoms with Crippen molar-refractivity contribution in [1.29, 1.82) is 0 Å². The minimum Gasteiger partial charge on any atom is -0.449 e. The lowest BCUT2D eigenvalue weighted by Gasteiger charge is -2.22. The third-order valence-corrected chi connectivity index (χ3v) is 4.14. The van der Waals surface area contributed by atoms with Gasteiger partial charge < -0.3 is 9.64 Å². The van der Waals surface area contributed by atoms with Crippen LogP contribution in [-0.2, 0) is 19.6 Å². The molecule has 0 heterocycles. The summed E-state index contributed by atoms with van der Waals surface area (Å²) in [6.07, 6.45) is -0.0604. The number of benzene rings is 2. The summed E-state index contributed by atoms with van der Waals surface area (Å²) in [6.45, 7) is 1.46. The van der Waals surface area contributed by atoms with Gasteiger partial charge in [-0.15, -0.1) is 0 Å². The Morgan fingerprint density at radius 2 is 1.62 bits per heavy atom. The molecule has 1 amide bonds. The first-order valence-electron chi connectivity index (χ1n) is 7.79. The molecule has 0 saturated heterocycles. The molecular formula is C18H20N2O5S. The van der Waals surface area contributed by atoms with E-state index in [4.69, 9.17) is 4.74 Å². The van der Waals surface area contributed by atoms with Crippen molar-refractivity contribution in [2.24, 2.45) is 0 Å². The Hall–Kier alpha value is -2.87. The number of sulfonamides is 1. The summed E-state index contributed by atoms with van der Waals surface area (Å²) in [7, 11) is -1.98. The fourth-order valence-electron chi connectivity index (χ4n) is 2.28. The molecule has 1 atom stereocenters. The average molecular weight is 376 g/mol. The molecule has 8 heteroatoms. The Morgan fingerprint density at radius 1 is 1.04 bits per heavy atom. The number of nitrogens with zero attached hydrogens (tertiary/aromatic N) is 1. The number of carbonyl (C=O) groups excluding carboxylic acids is 2. The number of amides is 1. The molecule has 0 aliphatic rings. The number of ether oxygens (including phenoxy) is 1. The Morgan fingerprint density at radius 3 is 2.23 bits per heavy atom. The van der Waals surface area contributed by atoms with Crippen molar-refractivity contribution in [3.05, 3.63) is 60.2 Å². The molecule has 1 N–H and O–H groups in total. The molecule has 0 bridgehead atoms. The van der Waals surface area contributed by atoms with E-state index >= 15 is 0 Å². The summed E-state index contributed by atoms with van der Waals surface area (Å²) in [5.41, 5.74) is 0.788. The van der Waals surface area contributed by atoms with Crippen LogP contribution >= 0.6 is 0 Å². The number of anilines is 2. The highest BCUT2D eigenvalue weighted by molar-refractivity contribution is 7.92. The summed E-state index contributed by atoms with van der Waals surface area (Å²) in [4.78, 5) is 26.2. The zero-order valence-corrected chi connectivity index (χ0v) is 15.5. The van der Waals surface area contributed by atoms with Crippen LogP contribution in [0.5, 0.6) is 0 Å². The van der Waals surface area contributed by atoms with Crippen LogP contribution in [0.2, 0.25) is 0 Å². The maximum atomic E-state index is 12.5. The fraction of sp³-hybridized carbons (Fsp3) is 0.222. The molecule has 0 unspecified atom stereocenters. The zero-order chi connectivity index (χ0) is 19.3. The number of carbonyl (C=O) groups is 2. The molecule has 0 fully saturated rings. The number of nitrogens with one attached hydrogen (secondary N) is 1. The number of likely N-dealkylation sites (N-methyl/N-ethyl adjacent to an activating group) is 1. The predicted octanol–water partition coefficient (Wildman–Crippen LogP) is 2.27. The Balaban J connectivity index is 2.13. The van der Waals surface area contributed by atoms with E-state index in [2.05, 4.69) is 4.72 Å². The van der Waals surface area contributed by atoms with Gasteiger partial charge in [0.25, 0.3) is 5.91 Å². The van der Waals surface area contributed by atoms with E-state index in [-0.39, 0.29) is 11.3 Å². The van der Waals surface area contributed by atoms with Gasteiger partial charge in [-0.3, -0.25) is 9.52 Å². The van der Waals surface area contributed by atoms with E-state index in [9.17, 15) is 18.0 Å². The largest absolute Gasteiger partial charge is 0.449 e. The Bertz CT molecular complexity index is 897. The number of rotatable bonds is 6. The van der Waals surface area contributed by atoms with Crippen molar-refractivity contribution in [2.45, 2.75) is 13.0 Å². The van der Waals surface area contributed by atoms with E-state index < -0.39 is 28.0 Å². The van der Waals surface area contributed by atoms with Crippen LogP contribution in [0, 0.1) is 0 Å². The molecule has 2 rings (SSSR count). The average Bonchev–Trinajstić information content (AvgIpc) is 2.60. The first kappa shape index (κ1) is 19.5. The lowest BCUT2D eigenvalue weighted by atomic mass is 10.2. The molecule has 0 aliphatic carbocycles. The maximum absolute atomic E-state index is 12.5. The zero-order valence-electron chi connectivity index (χ0n) is 14.7. The molecule has 2 aromatic rings. The van der Waals surface area contributed by atoms with E-state index in [1.54, 1.807) is 43.4 Å². The van der Waals surface area contributed by atoms with Crippen molar-refractivity contribution in [3.63, 3.8) is 0 Å². The van der Waals surface area contributed by atoms with Crippen molar-refractivity contribution < 1.29 is 22.7 Å². The van der Waals surface area contributed by atoms with Gasteiger partial charge in [0.2, 0.25) is 10.0 Å². The summed E-state index contributed by atoms with van der Waals surface area (Å²) in [5.74, 6) is -1.20. The van der Waals surface area contributed by atoms with Gasteiger partial charge in [-0.1, -0.05) is 30.3 Å². The van der Waals surface area contributed by atoms with E-state index in [1.807, 2.05) is 6.07 Å². The SMILES string of the molecule is C[C@@H](OC(=O)c1ccccc1NS(C)(=O)=O)C(=O)N(C)c1ccccc1. The Labute approximate surface area is 152 Å². The van der Waals surface area contributed by atoms with Crippen LogP contribution in [0.25, 0.3) is 0 Å². The van der Waals surface area contributed by atoms with Gasteiger partial charge in [-0.05, 0) is 31.2 Å². The highest BCUT2D eigenvalue weighted by atomic mass is 32.2. The van der Waals surface area contributed by atoms with Gasteiger partial charge in [-0.25, -0.2) is 13.2 Å². The molecule has 2 aromatic carbocycles. The standard InChI is InChI=1S/C18H20N2O5S/c1-13(17(21)20(2)14-9-5-4-6-10-14)25-18(22)15-11-7-8-12-16(15)19-26(3,23)24/h4-13,19H,1-3H3/t13-/m1/s1. The molecule has 0 radical (unpaired) electrons. The van der Waals surface area contributed by atoms with E-state index in [0.29, 0.717) is 5.69 Å². The van der Waals surface area contributed by atoms with Crippen molar-refractivity contribution in [3.8, 4) is 0 Å². The second-order valence-corrected chi connectivity index (χ2v) is 7.45. The lowest BCUT2D eigenvalue weighted by Crippen LogP contribution is -2.37. The third kappa shape index (κ3) is 5.06. The molecular weight excluding hydrogens is 356 g/mol. The van der Waals surface area contributed by atoms with E-state index in [0.717, 1.165) is 6.26 Å². The summed E-state index contributed by atoms with van der Waals surface area (Å²) < 4.78 is 30.3. The monoisotopic (exact) mass is 376 g/mol. The molecule has 0 spiro atoms. The van der Waals surface area contributed by atoms with Gasteiger partial charge in [0.05, 0.1) is 17.5 Å². The summed E-state index contributed by atoms with van der Waals surface area (Å²) in [5, 5.41) is 0. The van der Waals surface area contributed by atoms with Crippen LogP contribution in [0.3, 0.4) is 0 Å². The third-order valence-electron chi connectivity index (χ3n) is 3.55. The fourth-order valence-corrected chi connectivity index (χ4v) is 2.85. The molecule has 7 nitrogen and oxygen atoms in total. The van der Waals surface area contributed by atoms with Crippen molar-refractivity contribution >= 4 is 33.3 Å². The molecule has 26 heavy (non-hydrogen) atoms. The van der Waals surface area contributed by atoms with Crippen molar-refractivity contribution in [2.75, 3.05) is 22.9 Å². The van der Waals surface area contributed by atoms with Gasteiger partial charge in [0.1, 0.15) is 0 Å². The summed E-state index contributed by atoms with van der Waals surface area (Å²) in [6, 6.07) is 15.0. The smallest absolute Gasteiger partial charge is 0.341 e.